The van der Waals surface area contributed by atoms with E-state index >= 15 is 0 Å². The monoisotopic (exact) mass is 231 g/mol. The Hall–Kier alpha value is -1.84. The van der Waals surface area contributed by atoms with Crippen LogP contribution in [0, 0.1) is 12.7 Å². The lowest BCUT2D eigenvalue weighted by molar-refractivity contribution is 0.625. The van der Waals surface area contributed by atoms with Gasteiger partial charge in [-0.3, -0.25) is 4.57 Å². The molecule has 1 fully saturated rings. The molecule has 1 aliphatic carbocycles. The van der Waals surface area contributed by atoms with E-state index in [0.29, 0.717) is 6.04 Å². The predicted octanol–water partition coefficient (Wildman–Crippen LogP) is 2.89. The first-order valence-electron chi connectivity index (χ1n) is 5.80. The van der Waals surface area contributed by atoms with Gasteiger partial charge in [0.15, 0.2) is 0 Å². The van der Waals surface area contributed by atoms with Gasteiger partial charge in [0, 0.05) is 18.4 Å². The summed E-state index contributed by atoms with van der Waals surface area (Å²) in [6.45, 7) is 1.89. The fourth-order valence-corrected chi connectivity index (χ4v) is 1.88. The molecular formula is C13H14FN3. The first kappa shape index (κ1) is 10.3. The number of rotatable bonds is 3. The average Bonchev–Trinajstić information content (AvgIpc) is 2.93. The number of nitrogens with one attached hydrogen (secondary N) is 1. The molecule has 0 bridgehead atoms. The maximum absolute atomic E-state index is 13.4. The average molecular weight is 231 g/mol. The third kappa shape index (κ3) is 2.16. The van der Waals surface area contributed by atoms with Crippen molar-refractivity contribution in [3.63, 3.8) is 0 Å². The second-order valence-corrected chi connectivity index (χ2v) is 4.53. The lowest BCUT2D eigenvalue weighted by atomic mass is 10.2. The molecule has 0 atom stereocenters. The third-order valence-corrected chi connectivity index (χ3v) is 2.86. The van der Waals surface area contributed by atoms with Crippen molar-refractivity contribution in [1.82, 2.24) is 9.55 Å². The van der Waals surface area contributed by atoms with Gasteiger partial charge >= 0.3 is 0 Å². The van der Waals surface area contributed by atoms with Crippen molar-refractivity contribution in [3.8, 4) is 5.69 Å². The number of halogens is 1. The molecule has 0 spiro atoms. The summed E-state index contributed by atoms with van der Waals surface area (Å²) in [4.78, 5) is 4.26. The van der Waals surface area contributed by atoms with Crippen molar-refractivity contribution >= 4 is 5.95 Å². The zero-order chi connectivity index (χ0) is 11.8. The molecule has 4 heteroatoms. The normalized spacial score (nSPS) is 14.9. The molecule has 1 aromatic carbocycles. The number of aryl methyl sites for hydroxylation is 1. The van der Waals surface area contributed by atoms with Gasteiger partial charge < -0.3 is 5.32 Å². The van der Waals surface area contributed by atoms with E-state index in [1.54, 1.807) is 6.20 Å². The van der Waals surface area contributed by atoms with Crippen molar-refractivity contribution in [3.05, 3.63) is 42.0 Å². The smallest absolute Gasteiger partial charge is 0.207 e. The highest BCUT2D eigenvalue weighted by molar-refractivity contribution is 5.44. The molecule has 1 aromatic heterocycles. The van der Waals surface area contributed by atoms with E-state index in [1.165, 1.54) is 25.0 Å². The number of hydrogen-bond donors (Lipinski definition) is 1. The fourth-order valence-electron chi connectivity index (χ4n) is 1.88. The topological polar surface area (TPSA) is 29.9 Å². The maximum Gasteiger partial charge on any atom is 0.207 e. The standard InChI is InChI=1S/C13H14FN3/c1-9-6-10(14)8-12(7-9)17-5-4-15-13(17)16-11-2-3-11/h4-8,11H,2-3H2,1H3,(H,15,16). The molecule has 2 aromatic rings. The van der Waals surface area contributed by atoms with Crippen molar-refractivity contribution < 1.29 is 4.39 Å². The Bertz CT molecular complexity index is 523. The molecule has 0 aliphatic heterocycles. The Kier molecular flexibility index (Phi) is 2.35. The molecule has 3 rings (SSSR count). The summed E-state index contributed by atoms with van der Waals surface area (Å²) in [5, 5.41) is 3.33. The highest BCUT2D eigenvalue weighted by atomic mass is 19.1. The summed E-state index contributed by atoms with van der Waals surface area (Å²) in [6, 6.07) is 5.52. The van der Waals surface area contributed by atoms with Crippen LogP contribution in [0.4, 0.5) is 10.3 Å². The largest absolute Gasteiger partial charge is 0.353 e. The van der Waals surface area contributed by atoms with Crippen LogP contribution in [0.25, 0.3) is 5.69 Å². The minimum absolute atomic E-state index is 0.217. The lowest BCUT2D eigenvalue weighted by Gasteiger charge is -2.10. The van der Waals surface area contributed by atoms with Crippen LogP contribution in [0.1, 0.15) is 18.4 Å². The van der Waals surface area contributed by atoms with Crippen LogP contribution in [0.15, 0.2) is 30.6 Å². The van der Waals surface area contributed by atoms with Gasteiger partial charge in [-0.2, -0.15) is 0 Å². The fraction of sp³-hybridized carbons (Fsp3) is 0.308. The van der Waals surface area contributed by atoms with Crippen LogP contribution >= 0.6 is 0 Å². The van der Waals surface area contributed by atoms with Gasteiger partial charge in [-0.05, 0) is 43.5 Å². The van der Waals surface area contributed by atoms with E-state index in [2.05, 4.69) is 10.3 Å². The number of hydrogen-bond acceptors (Lipinski definition) is 2. The van der Waals surface area contributed by atoms with E-state index in [0.717, 1.165) is 17.2 Å². The Morgan fingerprint density at radius 1 is 1.35 bits per heavy atom. The van der Waals surface area contributed by atoms with E-state index < -0.39 is 0 Å². The van der Waals surface area contributed by atoms with Gasteiger partial charge in [-0.1, -0.05) is 0 Å². The molecule has 17 heavy (non-hydrogen) atoms. The van der Waals surface area contributed by atoms with Crippen molar-refractivity contribution in [1.29, 1.82) is 0 Å². The maximum atomic E-state index is 13.4. The Balaban J connectivity index is 1.98. The van der Waals surface area contributed by atoms with Crippen LogP contribution in [-0.4, -0.2) is 15.6 Å². The van der Waals surface area contributed by atoms with E-state index in [9.17, 15) is 4.39 Å². The highest BCUT2D eigenvalue weighted by Crippen LogP contribution is 2.25. The van der Waals surface area contributed by atoms with E-state index in [4.69, 9.17) is 0 Å². The molecule has 0 radical (unpaired) electrons. The summed E-state index contributed by atoms with van der Waals surface area (Å²) in [6.07, 6.45) is 5.95. The summed E-state index contributed by atoms with van der Waals surface area (Å²) in [7, 11) is 0. The third-order valence-electron chi connectivity index (χ3n) is 2.86. The minimum Gasteiger partial charge on any atom is -0.353 e. The molecule has 0 unspecified atom stereocenters. The van der Waals surface area contributed by atoms with Crippen molar-refractivity contribution in [2.24, 2.45) is 0 Å². The quantitative estimate of drug-likeness (QED) is 0.880. The lowest BCUT2D eigenvalue weighted by Crippen LogP contribution is -2.07. The number of aromatic nitrogens is 2. The number of benzene rings is 1. The van der Waals surface area contributed by atoms with Gasteiger partial charge in [0.1, 0.15) is 5.82 Å². The molecule has 1 heterocycles. The van der Waals surface area contributed by atoms with Crippen LogP contribution in [-0.2, 0) is 0 Å². The van der Waals surface area contributed by atoms with Crippen LogP contribution in [0.2, 0.25) is 0 Å². The molecule has 1 aliphatic rings. The van der Waals surface area contributed by atoms with E-state index in [-0.39, 0.29) is 5.82 Å². The van der Waals surface area contributed by atoms with Gasteiger partial charge in [0.25, 0.3) is 0 Å². The second-order valence-electron chi connectivity index (χ2n) is 4.53. The van der Waals surface area contributed by atoms with Gasteiger partial charge in [0.2, 0.25) is 5.95 Å². The van der Waals surface area contributed by atoms with E-state index in [1.807, 2.05) is 23.8 Å². The van der Waals surface area contributed by atoms with Crippen molar-refractivity contribution in [2.75, 3.05) is 5.32 Å². The van der Waals surface area contributed by atoms with Gasteiger partial charge in [-0.25, -0.2) is 9.37 Å². The number of anilines is 1. The number of imidazole rings is 1. The van der Waals surface area contributed by atoms with Gasteiger partial charge in [0.05, 0.1) is 5.69 Å². The first-order valence-corrected chi connectivity index (χ1v) is 5.80. The molecule has 0 saturated heterocycles. The molecule has 1 N–H and O–H groups in total. The second kappa shape index (κ2) is 3.87. The summed E-state index contributed by atoms with van der Waals surface area (Å²) < 4.78 is 15.3. The first-order chi connectivity index (χ1) is 8.22. The van der Waals surface area contributed by atoms with Crippen LogP contribution in [0.5, 0.6) is 0 Å². The zero-order valence-corrected chi connectivity index (χ0v) is 9.65. The highest BCUT2D eigenvalue weighted by Gasteiger charge is 2.22. The Morgan fingerprint density at radius 2 is 2.18 bits per heavy atom. The SMILES string of the molecule is Cc1cc(F)cc(-n2ccnc2NC2CC2)c1. The van der Waals surface area contributed by atoms with Crippen molar-refractivity contribution in [2.45, 2.75) is 25.8 Å². The molecule has 1 saturated carbocycles. The molecule has 0 amide bonds. The molecule has 88 valence electrons. The Morgan fingerprint density at radius 3 is 2.88 bits per heavy atom. The molecular weight excluding hydrogens is 217 g/mol. The van der Waals surface area contributed by atoms with Gasteiger partial charge in [-0.15, -0.1) is 0 Å². The van der Waals surface area contributed by atoms with Crippen LogP contribution < -0.4 is 5.32 Å². The number of nitrogens with zero attached hydrogens (tertiary/aromatic N) is 2. The minimum atomic E-state index is -0.217. The summed E-state index contributed by atoms with van der Waals surface area (Å²) >= 11 is 0. The zero-order valence-electron chi connectivity index (χ0n) is 9.65. The predicted molar refractivity (Wildman–Crippen MR) is 64.9 cm³/mol. The summed E-state index contributed by atoms with van der Waals surface area (Å²) in [5.41, 5.74) is 1.72. The molecule has 3 nitrogen and oxygen atoms in total. The Labute approximate surface area is 99.3 Å². The summed E-state index contributed by atoms with van der Waals surface area (Å²) in [5.74, 6) is 0.573. The van der Waals surface area contributed by atoms with Crippen LogP contribution in [0.3, 0.4) is 0 Å².